The van der Waals surface area contributed by atoms with Crippen LogP contribution >= 0.6 is 0 Å². The number of esters is 1. The highest BCUT2D eigenvalue weighted by Crippen LogP contribution is 2.32. The molecule has 2 heterocycles. The van der Waals surface area contributed by atoms with E-state index in [4.69, 9.17) is 4.74 Å². The predicted molar refractivity (Wildman–Crippen MR) is 64.2 cm³/mol. The molecule has 90 valence electrons. The zero-order valence-electron chi connectivity index (χ0n) is 10.5. The van der Waals surface area contributed by atoms with Gasteiger partial charge in [-0.05, 0) is 31.4 Å². The molecule has 1 aliphatic rings. The Morgan fingerprint density at radius 1 is 1.41 bits per heavy atom. The van der Waals surface area contributed by atoms with Crippen LogP contribution in [0.1, 0.15) is 46.0 Å². The first-order valence-corrected chi connectivity index (χ1v) is 5.58. The lowest BCUT2D eigenvalue weighted by atomic mass is 10.1. The van der Waals surface area contributed by atoms with Gasteiger partial charge in [-0.15, -0.1) is 0 Å². The Morgan fingerprint density at radius 2 is 2.06 bits per heavy atom. The number of ether oxygens (including phenoxy) is 1. The van der Waals surface area contributed by atoms with Gasteiger partial charge in [0.2, 0.25) is 0 Å². The number of aromatic nitrogens is 1. The van der Waals surface area contributed by atoms with Gasteiger partial charge < -0.3 is 4.74 Å². The van der Waals surface area contributed by atoms with Crippen LogP contribution in [-0.4, -0.2) is 23.6 Å². The van der Waals surface area contributed by atoms with Gasteiger partial charge in [-0.25, -0.2) is 4.79 Å². The SMILES string of the molecule is CCc1c(C(=O)OC)c(C)c2n1C(=O)C=C2C. The molecule has 0 amide bonds. The minimum atomic E-state index is -0.373. The molecule has 0 aromatic carbocycles. The number of fused-ring (bicyclic) bond motifs is 1. The molecule has 0 bridgehead atoms. The van der Waals surface area contributed by atoms with E-state index in [1.54, 1.807) is 10.6 Å². The second-order valence-electron chi connectivity index (χ2n) is 4.14. The molecule has 0 aliphatic carbocycles. The van der Waals surface area contributed by atoms with Crippen molar-refractivity contribution in [1.82, 2.24) is 4.57 Å². The molecule has 0 atom stereocenters. The van der Waals surface area contributed by atoms with E-state index in [0.717, 1.165) is 22.5 Å². The molecular formula is C13H15NO3. The largest absolute Gasteiger partial charge is 0.465 e. The average molecular weight is 233 g/mol. The number of methoxy groups -OCH3 is 1. The van der Waals surface area contributed by atoms with Gasteiger partial charge in [-0.1, -0.05) is 6.92 Å². The van der Waals surface area contributed by atoms with Gasteiger partial charge >= 0.3 is 5.97 Å². The fourth-order valence-corrected chi connectivity index (χ4v) is 2.49. The average Bonchev–Trinajstić information content (AvgIpc) is 2.75. The fourth-order valence-electron chi connectivity index (χ4n) is 2.49. The van der Waals surface area contributed by atoms with E-state index >= 15 is 0 Å². The highest BCUT2D eigenvalue weighted by atomic mass is 16.5. The van der Waals surface area contributed by atoms with E-state index in [2.05, 4.69) is 0 Å². The number of rotatable bonds is 2. The van der Waals surface area contributed by atoms with Crippen LogP contribution in [0.15, 0.2) is 6.08 Å². The topological polar surface area (TPSA) is 48.3 Å². The van der Waals surface area contributed by atoms with Crippen LogP contribution in [0, 0.1) is 6.92 Å². The summed E-state index contributed by atoms with van der Waals surface area (Å²) in [4.78, 5) is 23.6. The number of carbonyl (C=O) groups excluding carboxylic acids is 2. The van der Waals surface area contributed by atoms with Gasteiger partial charge in [-0.2, -0.15) is 0 Å². The van der Waals surface area contributed by atoms with Crippen molar-refractivity contribution in [1.29, 1.82) is 0 Å². The Morgan fingerprint density at radius 3 is 2.59 bits per heavy atom. The molecule has 0 N–H and O–H groups in total. The van der Waals surface area contributed by atoms with E-state index in [0.29, 0.717) is 12.0 Å². The van der Waals surface area contributed by atoms with Gasteiger partial charge in [0, 0.05) is 11.8 Å². The summed E-state index contributed by atoms with van der Waals surface area (Å²) in [6.07, 6.45) is 2.22. The third-order valence-electron chi connectivity index (χ3n) is 3.17. The van der Waals surface area contributed by atoms with E-state index in [9.17, 15) is 9.59 Å². The molecule has 0 spiro atoms. The Labute approximate surface area is 99.9 Å². The maximum absolute atomic E-state index is 11.9. The van der Waals surface area contributed by atoms with Gasteiger partial charge in [0.15, 0.2) is 0 Å². The summed E-state index contributed by atoms with van der Waals surface area (Å²) in [6.45, 7) is 5.66. The summed E-state index contributed by atoms with van der Waals surface area (Å²) >= 11 is 0. The van der Waals surface area contributed by atoms with E-state index in [1.807, 2.05) is 20.8 Å². The van der Waals surface area contributed by atoms with Crippen molar-refractivity contribution in [2.75, 3.05) is 7.11 Å². The predicted octanol–water partition coefficient (Wildman–Crippen LogP) is 2.20. The van der Waals surface area contributed by atoms with Crippen LogP contribution in [0.4, 0.5) is 0 Å². The van der Waals surface area contributed by atoms with Crippen molar-refractivity contribution < 1.29 is 14.3 Å². The first-order chi connectivity index (χ1) is 8.02. The summed E-state index contributed by atoms with van der Waals surface area (Å²) in [5.74, 6) is -0.450. The minimum absolute atomic E-state index is 0.0763. The molecule has 1 aromatic heterocycles. The Balaban J connectivity index is 2.77. The van der Waals surface area contributed by atoms with E-state index in [-0.39, 0.29) is 11.9 Å². The molecule has 4 heteroatoms. The summed E-state index contributed by atoms with van der Waals surface area (Å²) in [6, 6.07) is 0. The lowest BCUT2D eigenvalue weighted by molar-refractivity contribution is 0.0599. The fraction of sp³-hybridized carbons (Fsp3) is 0.385. The lowest BCUT2D eigenvalue weighted by Crippen LogP contribution is -2.11. The standard InChI is InChI=1S/C13H15NO3/c1-5-9-11(13(16)17-4)8(3)12-7(2)6-10(15)14(9)12/h6H,5H2,1-4H3. The summed E-state index contributed by atoms with van der Waals surface area (Å²) in [5, 5.41) is 0. The Hall–Kier alpha value is -1.84. The van der Waals surface area contributed by atoms with Crippen molar-refractivity contribution in [3.63, 3.8) is 0 Å². The third kappa shape index (κ3) is 1.44. The number of allylic oxidation sites excluding steroid dienone is 2. The summed E-state index contributed by atoms with van der Waals surface area (Å²) in [7, 11) is 1.36. The smallest absolute Gasteiger partial charge is 0.340 e. The van der Waals surface area contributed by atoms with Crippen molar-refractivity contribution in [2.24, 2.45) is 0 Å². The molecule has 0 saturated carbocycles. The Kier molecular flexibility index (Phi) is 2.65. The lowest BCUT2D eigenvalue weighted by Gasteiger charge is -2.04. The molecule has 0 unspecified atom stereocenters. The summed E-state index contributed by atoms with van der Waals surface area (Å²) in [5.41, 5.74) is 3.84. The van der Waals surface area contributed by atoms with Crippen LogP contribution < -0.4 is 0 Å². The van der Waals surface area contributed by atoms with Crippen LogP contribution in [0.5, 0.6) is 0 Å². The maximum atomic E-state index is 11.9. The minimum Gasteiger partial charge on any atom is -0.465 e. The molecule has 17 heavy (non-hydrogen) atoms. The van der Waals surface area contributed by atoms with Crippen LogP contribution in [0.25, 0.3) is 5.57 Å². The quantitative estimate of drug-likeness (QED) is 0.736. The van der Waals surface area contributed by atoms with E-state index < -0.39 is 0 Å². The van der Waals surface area contributed by atoms with Crippen molar-refractivity contribution in [2.45, 2.75) is 27.2 Å². The highest BCUT2D eigenvalue weighted by molar-refractivity contribution is 6.07. The molecular weight excluding hydrogens is 218 g/mol. The van der Waals surface area contributed by atoms with Crippen LogP contribution in [-0.2, 0) is 11.2 Å². The number of hydrogen-bond acceptors (Lipinski definition) is 3. The summed E-state index contributed by atoms with van der Waals surface area (Å²) < 4.78 is 6.41. The van der Waals surface area contributed by atoms with Gasteiger partial charge in [0.25, 0.3) is 5.91 Å². The first-order valence-electron chi connectivity index (χ1n) is 5.58. The first kappa shape index (κ1) is 11.6. The zero-order chi connectivity index (χ0) is 12.7. The molecule has 1 aliphatic heterocycles. The number of carbonyl (C=O) groups is 2. The van der Waals surface area contributed by atoms with Crippen molar-refractivity contribution in [3.05, 3.63) is 28.6 Å². The number of hydrogen-bond donors (Lipinski definition) is 0. The molecule has 0 radical (unpaired) electrons. The normalized spacial score (nSPS) is 13.6. The van der Waals surface area contributed by atoms with Gasteiger partial charge in [0.1, 0.15) is 0 Å². The monoisotopic (exact) mass is 233 g/mol. The van der Waals surface area contributed by atoms with Gasteiger partial charge in [-0.3, -0.25) is 9.36 Å². The molecule has 2 rings (SSSR count). The van der Waals surface area contributed by atoms with Gasteiger partial charge in [0.05, 0.1) is 18.4 Å². The number of nitrogens with zero attached hydrogens (tertiary/aromatic N) is 1. The maximum Gasteiger partial charge on any atom is 0.340 e. The second kappa shape index (κ2) is 3.87. The van der Waals surface area contributed by atoms with E-state index in [1.165, 1.54) is 7.11 Å². The highest BCUT2D eigenvalue weighted by Gasteiger charge is 2.30. The molecule has 0 fully saturated rings. The molecule has 0 saturated heterocycles. The van der Waals surface area contributed by atoms with Crippen molar-refractivity contribution >= 4 is 17.4 Å². The second-order valence-corrected chi connectivity index (χ2v) is 4.14. The Bertz CT molecular complexity index is 550. The molecule has 4 nitrogen and oxygen atoms in total. The van der Waals surface area contributed by atoms with Crippen LogP contribution in [0.2, 0.25) is 0 Å². The zero-order valence-corrected chi connectivity index (χ0v) is 10.5. The van der Waals surface area contributed by atoms with Crippen LogP contribution in [0.3, 0.4) is 0 Å². The van der Waals surface area contributed by atoms with Crippen molar-refractivity contribution in [3.8, 4) is 0 Å². The third-order valence-corrected chi connectivity index (χ3v) is 3.17. The molecule has 1 aromatic rings.